The lowest BCUT2D eigenvalue weighted by molar-refractivity contribution is 0.0536. The average molecular weight is 441 g/mol. The monoisotopic (exact) mass is 440 g/mol. The van der Waals surface area contributed by atoms with Crippen molar-refractivity contribution in [1.29, 1.82) is 0 Å². The summed E-state index contributed by atoms with van der Waals surface area (Å²) in [6, 6.07) is 0. The lowest BCUT2D eigenvalue weighted by atomic mass is 10.1. The van der Waals surface area contributed by atoms with Gasteiger partial charge in [0.25, 0.3) is 0 Å². The van der Waals surface area contributed by atoms with E-state index >= 15 is 0 Å². The predicted molar refractivity (Wildman–Crippen MR) is 118 cm³/mol. The number of unbranched alkanes of at least 4 members (excludes halogenated alkanes) is 7. The van der Waals surface area contributed by atoms with Gasteiger partial charge in [0.15, 0.2) is 8.60 Å². The molecule has 0 N–H and O–H groups in total. The maximum Gasteiger partial charge on any atom is 0.316 e. The molecule has 168 valence electrons. The molecule has 0 heterocycles. The van der Waals surface area contributed by atoms with Gasteiger partial charge in [-0.1, -0.05) is 51.9 Å². The van der Waals surface area contributed by atoms with Crippen LogP contribution in [0.25, 0.3) is 0 Å². The molecule has 0 fully saturated rings. The van der Waals surface area contributed by atoms with Gasteiger partial charge in [-0.25, -0.2) is 0 Å². The van der Waals surface area contributed by atoms with Crippen molar-refractivity contribution >= 4 is 17.1 Å². The lowest BCUT2D eigenvalue weighted by Gasteiger charge is -2.12. The van der Waals surface area contributed by atoms with Crippen LogP contribution in [0.5, 0.6) is 0 Å². The first-order valence-corrected chi connectivity index (χ1v) is 12.4. The van der Waals surface area contributed by atoms with Crippen molar-refractivity contribution in [2.24, 2.45) is 4.52 Å². The SMILES string of the molecule is CCCCCCCCCCOP(N=POCCN(C)C)OCCOCCOC. The average Bonchev–Trinajstić information content (AvgIpc) is 2.68. The highest BCUT2D eigenvalue weighted by Crippen LogP contribution is 2.43. The molecule has 0 rings (SSSR count). The van der Waals surface area contributed by atoms with Gasteiger partial charge in [0.1, 0.15) is 0 Å². The summed E-state index contributed by atoms with van der Waals surface area (Å²) in [5.74, 6) is 0. The number of nitrogens with zero attached hydrogens (tertiary/aromatic N) is 2. The van der Waals surface area contributed by atoms with Crippen molar-refractivity contribution in [2.75, 3.05) is 67.4 Å². The van der Waals surface area contributed by atoms with E-state index in [1.807, 2.05) is 14.1 Å². The van der Waals surface area contributed by atoms with E-state index in [4.69, 9.17) is 23.0 Å². The van der Waals surface area contributed by atoms with Crippen molar-refractivity contribution in [3.63, 3.8) is 0 Å². The molecule has 0 aromatic carbocycles. The zero-order valence-corrected chi connectivity index (χ0v) is 20.2. The van der Waals surface area contributed by atoms with E-state index in [1.165, 1.54) is 44.9 Å². The number of methoxy groups -OCH3 is 1. The van der Waals surface area contributed by atoms with Crippen LogP contribution < -0.4 is 0 Å². The van der Waals surface area contributed by atoms with Gasteiger partial charge in [0.05, 0.1) is 39.6 Å². The van der Waals surface area contributed by atoms with Gasteiger partial charge >= 0.3 is 8.53 Å². The molecule has 0 radical (unpaired) electrons. The molecule has 0 aliphatic carbocycles. The van der Waals surface area contributed by atoms with Crippen LogP contribution in [0.2, 0.25) is 0 Å². The Balaban J connectivity index is 3.89. The first-order chi connectivity index (χ1) is 13.7. The Morgan fingerprint density at radius 2 is 1.43 bits per heavy atom. The minimum atomic E-state index is -1.29. The highest BCUT2D eigenvalue weighted by atomic mass is 31.2. The van der Waals surface area contributed by atoms with Crippen molar-refractivity contribution in [3.05, 3.63) is 0 Å². The van der Waals surface area contributed by atoms with Gasteiger partial charge in [0.2, 0.25) is 0 Å². The molecule has 1 unspecified atom stereocenters. The van der Waals surface area contributed by atoms with Crippen LogP contribution in [0.3, 0.4) is 0 Å². The molecule has 0 aliphatic heterocycles. The summed E-state index contributed by atoms with van der Waals surface area (Å²) in [5, 5.41) is 0. The fourth-order valence-corrected chi connectivity index (χ4v) is 3.82. The Morgan fingerprint density at radius 1 is 0.786 bits per heavy atom. The summed E-state index contributed by atoms with van der Waals surface area (Å²) < 4.78 is 31.8. The molecular weight excluding hydrogens is 398 g/mol. The third-order valence-electron chi connectivity index (χ3n) is 3.86. The van der Waals surface area contributed by atoms with Gasteiger partial charge in [-0.2, -0.15) is 4.52 Å². The Labute approximate surface area is 175 Å². The zero-order chi connectivity index (χ0) is 20.7. The number of hydrogen-bond acceptors (Lipinski definition) is 7. The second-order valence-corrected chi connectivity index (χ2v) is 8.92. The first kappa shape index (κ1) is 28.3. The number of ether oxygens (including phenoxy) is 2. The minimum Gasteiger partial charge on any atom is -0.382 e. The second kappa shape index (κ2) is 23.6. The molecule has 1 atom stereocenters. The Kier molecular flexibility index (Phi) is 23.8. The van der Waals surface area contributed by atoms with Gasteiger partial charge in [-0.15, -0.1) is 0 Å². The van der Waals surface area contributed by atoms with Crippen molar-refractivity contribution in [1.82, 2.24) is 4.90 Å². The Hall–Kier alpha value is 0.290. The van der Waals surface area contributed by atoms with Crippen LogP contribution in [0.1, 0.15) is 58.3 Å². The molecule has 0 aromatic heterocycles. The molecule has 0 saturated heterocycles. The van der Waals surface area contributed by atoms with Crippen molar-refractivity contribution < 1.29 is 23.0 Å². The van der Waals surface area contributed by atoms with E-state index in [9.17, 15) is 0 Å². The molecule has 0 aromatic rings. The largest absolute Gasteiger partial charge is 0.382 e. The van der Waals surface area contributed by atoms with Crippen LogP contribution in [0.15, 0.2) is 4.52 Å². The maximum atomic E-state index is 5.84. The molecule has 28 heavy (non-hydrogen) atoms. The molecule has 7 nitrogen and oxygen atoms in total. The van der Waals surface area contributed by atoms with Crippen LogP contribution in [-0.2, 0) is 23.0 Å². The summed E-state index contributed by atoms with van der Waals surface area (Å²) in [7, 11) is 4.97. The molecule has 0 aliphatic rings. The van der Waals surface area contributed by atoms with Gasteiger partial charge in [0, 0.05) is 13.7 Å². The molecule has 0 saturated carbocycles. The van der Waals surface area contributed by atoms with Gasteiger partial charge in [-0.3, -0.25) is 0 Å². The quantitative estimate of drug-likeness (QED) is 0.160. The van der Waals surface area contributed by atoms with Crippen molar-refractivity contribution in [3.8, 4) is 0 Å². The second-order valence-electron chi connectivity index (χ2n) is 6.79. The predicted octanol–water partition coefficient (Wildman–Crippen LogP) is 5.67. The zero-order valence-electron chi connectivity index (χ0n) is 18.4. The van der Waals surface area contributed by atoms with Gasteiger partial charge in [-0.05, 0) is 20.5 Å². The molecular formula is C19H42N2O5P2. The Bertz CT molecular complexity index is 339. The third kappa shape index (κ3) is 22.6. The first-order valence-electron chi connectivity index (χ1n) is 10.5. The van der Waals surface area contributed by atoms with Gasteiger partial charge < -0.3 is 27.9 Å². The number of hydrogen-bond donors (Lipinski definition) is 0. The van der Waals surface area contributed by atoms with E-state index in [0.29, 0.717) is 48.2 Å². The summed E-state index contributed by atoms with van der Waals surface area (Å²) in [4.78, 5) is 2.07. The highest BCUT2D eigenvalue weighted by molar-refractivity contribution is 7.50. The topological polar surface area (TPSA) is 61.8 Å². The minimum absolute atomic E-state index is 0.462. The fourth-order valence-electron chi connectivity index (χ4n) is 2.21. The molecule has 9 heteroatoms. The summed E-state index contributed by atoms with van der Waals surface area (Å²) in [6.45, 7) is 6.57. The van der Waals surface area contributed by atoms with E-state index in [2.05, 4.69) is 16.3 Å². The third-order valence-corrected chi connectivity index (χ3v) is 5.84. The summed E-state index contributed by atoms with van der Waals surface area (Å²) in [5.41, 5.74) is 0. The molecule has 0 amide bonds. The van der Waals surface area contributed by atoms with E-state index in [0.717, 1.165) is 13.0 Å². The van der Waals surface area contributed by atoms with Crippen LogP contribution in [0.4, 0.5) is 0 Å². The van der Waals surface area contributed by atoms with E-state index in [1.54, 1.807) is 7.11 Å². The summed E-state index contributed by atoms with van der Waals surface area (Å²) in [6.07, 6.45) is 10.2. The van der Waals surface area contributed by atoms with Crippen molar-refractivity contribution in [2.45, 2.75) is 58.3 Å². The number of rotatable bonds is 22. The lowest BCUT2D eigenvalue weighted by Crippen LogP contribution is -2.16. The van der Waals surface area contributed by atoms with Crippen LogP contribution in [0, 0.1) is 0 Å². The van der Waals surface area contributed by atoms with Crippen LogP contribution >= 0.6 is 17.1 Å². The fraction of sp³-hybridized carbons (Fsp3) is 1.00. The van der Waals surface area contributed by atoms with E-state index in [-0.39, 0.29) is 0 Å². The van der Waals surface area contributed by atoms with E-state index < -0.39 is 8.53 Å². The smallest absolute Gasteiger partial charge is 0.316 e. The maximum absolute atomic E-state index is 5.84. The molecule has 0 spiro atoms. The Morgan fingerprint density at radius 3 is 2.11 bits per heavy atom. The summed E-state index contributed by atoms with van der Waals surface area (Å²) >= 11 is 0. The molecule has 0 bridgehead atoms. The number of likely N-dealkylation sites (N-methyl/N-ethyl adjacent to an activating group) is 1. The van der Waals surface area contributed by atoms with Crippen LogP contribution in [-0.4, -0.2) is 72.3 Å². The highest BCUT2D eigenvalue weighted by Gasteiger charge is 2.09. The standard InChI is InChI=1S/C19H42N2O5P2/c1-5-6-7-8-9-10-11-12-14-25-28(20-27-24-15-13-21(2)3)26-19-18-23-17-16-22-4/h5-19H2,1-4H3. The normalized spacial score (nSPS) is 13.0.